The highest BCUT2D eigenvalue weighted by molar-refractivity contribution is 5.64. The van der Waals surface area contributed by atoms with Crippen molar-refractivity contribution in [3.8, 4) is 5.75 Å². The van der Waals surface area contributed by atoms with E-state index in [0.717, 1.165) is 49.1 Å². The molecule has 6 nitrogen and oxygen atoms in total. The van der Waals surface area contributed by atoms with Crippen LogP contribution in [0.1, 0.15) is 0 Å². The number of halogens is 1. The van der Waals surface area contributed by atoms with Gasteiger partial charge in [0.05, 0.1) is 12.8 Å². The van der Waals surface area contributed by atoms with Crippen LogP contribution >= 0.6 is 0 Å². The van der Waals surface area contributed by atoms with Gasteiger partial charge in [-0.3, -0.25) is 0 Å². The number of hydrogen-bond acceptors (Lipinski definition) is 6. The molecule has 1 fully saturated rings. The molecule has 1 aliphatic heterocycles. The summed E-state index contributed by atoms with van der Waals surface area (Å²) in [4.78, 5) is 13.5. The van der Waals surface area contributed by atoms with Gasteiger partial charge in [-0.25, -0.2) is 9.37 Å². The van der Waals surface area contributed by atoms with E-state index in [1.165, 1.54) is 12.1 Å². The van der Waals surface area contributed by atoms with Crippen LogP contribution in [0.4, 0.5) is 27.5 Å². The fraction of sp³-hybridized carbons (Fsp3) is 0.238. The van der Waals surface area contributed by atoms with E-state index in [2.05, 4.69) is 25.1 Å². The summed E-state index contributed by atoms with van der Waals surface area (Å²) in [6.45, 7) is 3.27. The molecule has 0 atom stereocenters. The molecule has 0 amide bonds. The molecule has 0 unspecified atom stereocenters. The van der Waals surface area contributed by atoms with Crippen LogP contribution in [0.25, 0.3) is 0 Å². The van der Waals surface area contributed by atoms with E-state index in [9.17, 15) is 4.39 Å². The Hall–Kier alpha value is -3.35. The normalized spacial score (nSPS) is 14.1. The average Bonchev–Trinajstić information content (AvgIpc) is 2.75. The maximum absolute atomic E-state index is 13.1. The van der Waals surface area contributed by atoms with Crippen molar-refractivity contribution in [2.45, 2.75) is 0 Å². The van der Waals surface area contributed by atoms with E-state index in [1.807, 2.05) is 42.5 Å². The van der Waals surface area contributed by atoms with Crippen molar-refractivity contribution in [1.29, 1.82) is 0 Å². The smallest absolute Gasteiger partial charge is 0.227 e. The summed E-state index contributed by atoms with van der Waals surface area (Å²) in [6.07, 6.45) is 1.76. The summed E-state index contributed by atoms with van der Waals surface area (Å²) in [5.74, 6) is 1.96. The minimum Gasteiger partial charge on any atom is -0.495 e. The molecule has 7 heteroatoms. The largest absolute Gasteiger partial charge is 0.495 e. The molecule has 2 heterocycles. The van der Waals surface area contributed by atoms with Gasteiger partial charge in [-0.15, -0.1) is 0 Å². The molecule has 1 N–H and O–H groups in total. The number of rotatable bonds is 5. The lowest BCUT2D eigenvalue weighted by molar-refractivity contribution is 0.417. The number of methoxy groups -OCH3 is 1. The van der Waals surface area contributed by atoms with Crippen LogP contribution in [0.3, 0.4) is 0 Å². The second-order valence-corrected chi connectivity index (χ2v) is 6.52. The molecule has 4 rings (SSSR count). The van der Waals surface area contributed by atoms with Gasteiger partial charge in [-0.2, -0.15) is 4.98 Å². The zero-order valence-corrected chi connectivity index (χ0v) is 15.7. The summed E-state index contributed by atoms with van der Waals surface area (Å²) in [7, 11) is 1.65. The molecule has 28 heavy (non-hydrogen) atoms. The van der Waals surface area contributed by atoms with Crippen molar-refractivity contribution >= 4 is 23.1 Å². The van der Waals surface area contributed by atoms with Crippen LogP contribution < -0.4 is 19.9 Å². The molecule has 1 saturated heterocycles. The highest BCUT2D eigenvalue weighted by atomic mass is 19.1. The van der Waals surface area contributed by atoms with Gasteiger partial charge < -0.3 is 19.9 Å². The average molecular weight is 379 g/mol. The van der Waals surface area contributed by atoms with Crippen molar-refractivity contribution in [1.82, 2.24) is 9.97 Å². The van der Waals surface area contributed by atoms with Crippen molar-refractivity contribution in [2.75, 3.05) is 48.4 Å². The van der Waals surface area contributed by atoms with Crippen LogP contribution in [0.2, 0.25) is 0 Å². The van der Waals surface area contributed by atoms with Crippen molar-refractivity contribution < 1.29 is 9.13 Å². The first-order valence-corrected chi connectivity index (χ1v) is 9.21. The van der Waals surface area contributed by atoms with E-state index in [-0.39, 0.29) is 5.82 Å². The standard InChI is InChI=1S/C21H22FN5O/c1-28-19-5-3-2-4-18(19)24-20-10-11-23-21(25-20)27-14-12-26(13-15-27)17-8-6-16(22)7-9-17/h2-11H,12-15H2,1H3,(H,23,24,25). The van der Waals surface area contributed by atoms with Gasteiger partial charge in [0.1, 0.15) is 17.4 Å². The molecule has 1 aliphatic rings. The molecule has 0 saturated carbocycles. The van der Waals surface area contributed by atoms with E-state index in [1.54, 1.807) is 13.3 Å². The lowest BCUT2D eigenvalue weighted by Crippen LogP contribution is -2.47. The molecule has 0 radical (unpaired) electrons. The summed E-state index contributed by atoms with van der Waals surface area (Å²) in [5.41, 5.74) is 1.89. The van der Waals surface area contributed by atoms with Crippen molar-refractivity contribution in [2.24, 2.45) is 0 Å². The van der Waals surface area contributed by atoms with Crippen LogP contribution in [-0.2, 0) is 0 Å². The predicted octanol–water partition coefficient (Wildman–Crippen LogP) is 3.69. The second kappa shape index (κ2) is 8.12. The summed E-state index contributed by atoms with van der Waals surface area (Å²) >= 11 is 0. The van der Waals surface area contributed by atoms with Gasteiger partial charge in [0.2, 0.25) is 5.95 Å². The quantitative estimate of drug-likeness (QED) is 0.730. The minimum atomic E-state index is -0.213. The van der Waals surface area contributed by atoms with Gasteiger partial charge in [0.25, 0.3) is 0 Å². The van der Waals surface area contributed by atoms with E-state index in [0.29, 0.717) is 5.95 Å². The zero-order chi connectivity index (χ0) is 19.3. The van der Waals surface area contributed by atoms with Crippen LogP contribution in [-0.4, -0.2) is 43.3 Å². The number of aromatic nitrogens is 2. The van der Waals surface area contributed by atoms with E-state index < -0.39 is 0 Å². The maximum Gasteiger partial charge on any atom is 0.227 e. The highest BCUT2D eigenvalue weighted by Crippen LogP contribution is 2.27. The Balaban J connectivity index is 1.43. The van der Waals surface area contributed by atoms with Gasteiger partial charge in [-0.05, 0) is 42.5 Å². The third-order valence-electron chi connectivity index (χ3n) is 4.77. The number of nitrogens with zero attached hydrogens (tertiary/aromatic N) is 4. The monoisotopic (exact) mass is 379 g/mol. The first-order valence-electron chi connectivity index (χ1n) is 9.21. The topological polar surface area (TPSA) is 53.5 Å². The highest BCUT2D eigenvalue weighted by Gasteiger charge is 2.19. The third kappa shape index (κ3) is 3.98. The number of para-hydroxylation sites is 2. The first kappa shape index (κ1) is 18.0. The Bertz CT molecular complexity index is 926. The maximum atomic E-state index is 13.1. The zero-order valence-electron chi connectivity index (χ0n) is 15.7. The number of anilines is 4. The first-order chi connectivity index (χ1) is 13.7. The Kier molecular flexibility index (Phi) is 5.23. The Morgan fingerprint density at radius 3 is 2.39 bits per heavy atom. The van der Waals surface area contributed by atoms with E-state index >= 15 is 0 Å². The summed E-state index contributed by atoms with van der Waals surface area (Å²) < 4.78 is 18.5. The van der Waals surface area contributed by atoms with Gasteiger partial charge in [-0.1, -0.05) is 12.1 Å². The molecular formula is C21H22FN5O. The fourth-order valence-electron chi connectivity index (χ4n) is 3.27. The number of hydrogen-bond donors (Lipinski definition) is 1. The predicted molar refractivity (Wildman–Crippen MR) is 109 cm³/mol. The SMILES string of the molecule is COc1ccccc1Nc1ccnc(N2CCN(c3ccc(F)cc3)CC2)n1. The number of nitrogens with one attached hydrogen (secondary N) is 1. The Labute approximate surface area is 163 Å². The molecule has 0 spiro atoms. The minimum absolute atomic E-state index is 0.213. The van der Waals surface area contributed by atoms with E-state index in [4.69, 9.17) is 4.74 Å². The van der Waals surface area contributed by atoms with Crippen LogP contribution in [0.15, 0.2) is 60.8 Å². The van der Waals surface area contributed by atoms with Gasteiger partial charge >= 0.3 is 0 Å². The molecule has 3 aromatic rings. The molecule has 2 aromatic carbocycles. The van der Waals surface area contributed by atoms with Crippen molar-refractivity contribution in [3.63, 3.8) is 0 Å². The molecule has 1 aromatic heterocycles. The second-order valence-electron chi connectivity index (χ2n) is 6.52. The molecule has 0 aliphatic carbocycles. The summed E-state index contributed by atoms with van der Waals surface area (Å²) in [5, 5.41) is 3.29. The molecular weight excluding hydrogens is 357 g/mol. The Morgan fingerprint density at radius 2 is 1.64 bits per heavy atom. The number of piperazine rings is 1. The lowest BCUT2D eigenvalue weighted by Gasteiger charge is -2.36. The van der Waals surface area contributed by atoms with Gasteiger partial charge in [0, 0.05) is 38.1 Å². The molecule has 0 bridgehead atoms. The Morgan fingerprint density at radius 1 is 0.929 bits per heavy atom. The number of benzene rings is 2. The van der Waals surface area contributed by atoms with Crippen LogP contribution in [0, 0.1) is 5.82 Å². The lowest BCUT2D eigenvalue weighted by atomic mass is 10.2. The number of ether oxygens (including phenoxy) is 1. The molecule has 144 valence electrons. The van der Waals surface area contributed by atoms with Crippen LogP contribution in [0.5, 0.6) is 5.75 Å². The van der Waals surface area contributed by atoms with Gasteiger partial charge in [0.15, 0.2) is 0 Å². The third-order valence-corrected chi connectivity index (χ3v) is 4.77. The fourth-order valence-corrected chi connectivity index (χ4v) is 3.27. The summed E-state index contributed by atoms with van der Waals surface area (Å²) in [6, 6.07) is 16.2. The van der Waals surface area contributed by atoms with Crippen molar-refractivity contribution in [3.05, 3.63) is 66.6 Å².